The molecule has 0 spiro atoms. The van der Waals surface area contributed by atoms with E-state index in [2.05, 4.69) is 4.98 Å². The van der Waals surface area contributed by atoms with Crippen molar-refractivity contribution in [2.75, 3.05) is 4.90 Å². The summed E-state index contributed by atoms with van der Waals surface area (Å²) in [6, 6.07) is 23.8. The zero-order valence-corrected chi connectivity index (χ0v) is 15.5. The molecule has 0 unspecified atom stereocenters. The maximum Gasteiger partial charge on any atom is 0.277 e. The van der Waals surface area contributed by atoms with Crippen LogP contribution in [0.15, 0.2) is 79.0 Å². The lowest BCUT2D eigenvalue weighted by Gasteiger charge is -2.23. The highest BCUT2D eigenvalue weighted by Crippen LogP contribution is 2.22. The van der Waals surface area contributed by atoms with Crippen LogP contribution >= 0.6 is 0 Å². The van der Waals surface area contributed by atoms with Gasteiger partial charge in [-0.2, -0.15) is 0 Å². The van der Waals surface area contributed by atoms with Crippen molar-refractivity contribution in [1.29, 1.82) is 0 Å². The number of pyridine rings is 1. The second-order valence-corrected chi connectivity index (χ2v) is 6.69. The van der Waals surface area contributed by atoms with Gasteiger partial charge in [0.2, 0.25) is 0 Å². The fraction of sp³-hybridized carbons (Fsp3) is 0.130. The third kappa shape index (κ3) is 3.34. The molecule has 2 aromatic carbocycles. The summed E-state index contributed by atoms with van der Waals surface area (Å²) in [6.07, 6.45) is 1.92. The second kappa shape index (κ2) is 7.08. The summed E-state index contributed by atoms with van der Waals surface area (Å²) >= 11 is 0. The quantitative estimate of drug-likeness (QED) is 0.527. The molecule has 0 radical (unpaired) electrons. The van der Waals surface area contributed by atoms with Crippen molar-refractivity contribution in [3.8, 4) is 0 Å². The fourth-order valence-electron chi connectivity index (χ4n) is 3.30. The predicted molar refractivity (Wildman–Crippen MR) is 108 cm³/mol. The molecule has 0 bridgehead atoms. The van der Waals surface area contributed by atoms with E-state index in [1.807, 2.05) is 102 Å². The number of carbonyl (C=O) groups excluding carboxylic acids is 1. The van der Waals surface area contributed by atoms with Crippen molar-refractivity contribution in [3.05, 3.63) is 102 Å². The molecule has 134 valence electrons. The van der Waals surface area contributed by atoms with E-state index in [4.69, 9.17) is 0 Å². The third-order valence-electron chi connectivity index (χ3n) is 4.66. The fourth-order valence-corrected chi connectivity index (χ4v) is 3.30. The van der Waals surface area contributed by atoms with Crippen LogP contribution in [0.4, 0.5) is 5.69 Å². The van der Waals surface area contributed by atoms with Crippen LogP contribution in [-0.4, -0.2) is 15.3 Å². The Bertz CT molecular complexity index is 1080. The lowest BCUT2D eigenvalue weighted by atomic mass is 10.1. The van der Waals surface area contributed by atoms with E-state index in [-0.39, 0.29) is 5.91 Å². The maximum atomic E-state index is 13.6. The van der Waals surface area contributed by atoms with Crippen LogP contribution in [0.25, 0.3) is 5.65 Å². The summed E-state index contributed by atoms with van der Waals surface area (Å²) in [7, 11) is 0. The van der Waals surface area contributed by atoms with Crippen LogP contribution in [-0.2, 0) is 6.54 Å². The van der Waals surface area contributed by atoms with Crippen LogP contribution < -0.4 is 4.90 Å². The number of rotatable bonds is 4. The summed E-state index contributed by atoms with van der Waals surface area (Å²) in [4.78, 5) is 20.0. The van der Waals surface area contributed by atoms with Gasteiger partial charge in [-0.05, 0) is 49.2 Å². The van der Waals surface area contributed by atoms with Gasteiger partial charge in [0.25, 0.3) is 5.91 Å². The van der Waals surface area contributed by atoms with Gasteiger partial charge in [-0.3, -0.25) is 9.20 Å². The highest BCUT2D eigenvalue weighted by atomic mass is 16.2. The first-order valence-electron chi connectivity index (χ1n) is 8.99. The van der Waals surface area contributed by atoms with E-state index < -0.39 is 0 Å². The van der Waals surface area contributed by atoms with Crippen molar-refractivity contribution in [2.24, 2.45) is 0 Å². The molecule has 0 saturated carbocycles. The minimum Gasteiger partial charge on any atom is -0.303 e. The van der Waals surface area contributed by atoms with Gasteiger partial charge in [-0.15, -0.1) is 0 Å². The van der Waals surface area contributed by atoms with Crippen molar-refractivity contribution in [2.45, 2.75) is 20.4 Å². The number of carbonyl (C=O) groups is 1. The minimum atomic E-state index is -0.0566. The maximum absolute atomic E-state index is 13.6. The number of amides is 1. The van der Waals surface area contributed by atoms with E-state index in [0.29, 0.717) is 12.2 Å². The van der Waals surface area contributed by atoms with Crippen molar-refractivity contribution in [1.82, 2.24) is 9.38 Å². The van der Waals surface area contributed by atoms with E-state index in [0.717, 1.165) is 28.2 Å². The van der Waals surface area contributed by atoms with Gasteiger partial charge in [-0.25, -0.2) is 4.98 Å². The molecule has 2 heterocycles. The standard InChI is InChI=1S/C23H21N3O/c1-17-13-14-25-21(15-17)24-18(2)22(25)23(27)26(20-11-7-4-8-12-20)16-19-9-5-3-6-10-19/h3-15H,16H2,1-2H3. The van der Waals surface area contributed by atoms with Gasteiger partial charge in [0.1, 0.15) is 11.3 Å². The minimum absolute atomic E-state index is 0.0566. The molecule has 0 aliphatic rings. The highest BCUT2D eigenvalue weighted by Gasteiger charge is 2.24. The smallest absolute Gasteiger partial charge is 0.277 e. The Morgan fingerprint density at radius 2 is 1.63 bits per heavy atom. The van der Waals surface area contributed by atoms with Gasteiger partial charge in [0.05, 0.1) is 12.2 Å². The number of aromatic nitrogens is 2. The Kier molecular flexibility index (Phi) is 4.47. The van der Waals surface area contributed by atoms with E-state index in [9.17, 15) is 4.79 Å². The Morgan fingerprint density at radius 1 is 0.963 bits per heavy atom. The van der Waals surface area contributed by atoms with Gasteiger partial charge in [0.15, 0.2) is 0 Å². The van der Waals surface area contributed by atoms with E-state index in [1.54, 1.807) is 0 Å². The molecule has 0 fully saturated rings. The molecular weight excluding hydrogens is 334 g/mol. The van der Waals surface area contributed by atoms with Gasteiger partial charge < -0.3 is 4.90 Å². The molecular formula is C23H21N3O. The summed E-state index contributed by atoms with van der Waals surface area (Å²) < 4.78 is 1.88. The van der Waals surface area contributed by atoms with Crippen LogP contribution in [0.1, 0.15) is 27.3 Å². The first-order chi connectivity index (χ1) is 13.1. The molecule has 0 saturated heterocycles. The summed E-state index contributed by atoms with van der Waals surface area (Å²) in [6.45, 7) is 4.42. The highest BCUT2D eigenvalue weighted by molar-refractivity contribution is 6.06. The summed E-state index contributed by atoms with van der Waals surface area (Å²) in [5.74, 6) is -0.0566. The first-order valence-corrected chi connectivity index (χ1v) is 8.99. The molecule has 0 N–H and O–H groups in total. The molecule has 4 nitrogen and oxygen atoms in total. The van der Waals surface area contributed by atoms with E-state index in [1.165, 1.54) is 0 Å². The van der Waals surface area contributed by atoms with Crippen LogP contribution in [0.2, 0.25) is 0 Å². The predicted octanol–water partition coefficient (Wildman–Crippen LogP) is 4.80. The molecule has 0 atom stereocenters. The third-order valence-corrected chi connectivity index (χ3v) is 4.66. The molecule has 1 amide bonds. The lowest BCUT2D eigenvalue weighted by Crippen LogP contribution is -2.31. The molecule has 0 aliphatic carbocycles. The SMILES string of the molecule is Cc1ccn2c(C(=O)N(Cc3ccccc3)c3ccccc3)c(C)nc2c1. The number of benzene rings is 2. The van der Waals surface area contributed by atoms with Crippen molar-refractivity contribution in [3.63, 3.8) is 0 Å². The van der Waals surface area contributed by atoms with E-state index >= 15 is 0 Å². The number of hydrogen-bond acceptors (Lipinski definition) is 2. The zero-order chi connectivity index (χ0) is 18.8. The molecule has 4 heteroatoms. The number of hydrogen-bond donors (Lipinski definition) is 0. The first kappa shape index (κ1) is 17.0. The number of para-hydroxylation sites is 1. The normalized spacial score (nSPS) is 10.9. The lowest BCUT2D eigenvalue weighted by molar-refractivity contribution is 0.0979. The number of anilines is 1. The summed E-state index contributed by atoms with van der Waals surface area (Å²) in [5, 5.41) is 0. The Morgan fingerprint density at radius 3 is 2.33 bits per heavy atom. The molecule has 4 aromatic rings. The molecule has 2 aromatic heterocycles. The number of fused-ring (bicyclic) bond motifs is 1. The van der Waals surface area contributed by atoms with Gasteiger partial charge in [0, 0.05) is 11.9 Å². The molecule has 0 aliphatic heterocycles. The monoisotopic (exact) mass is 355 g/mol. The van der Waals surface area contributed by atoms with Gasteiger partial charge >= 0.3 is 0 Å². The summed E-state index contributed by atoms with van der Waals surface area (Å²) in [5.41, 5.74) is 5.20. The Balaban J connectivity index is 1.80. The average molecular weight is 355 g/mol. The van der Waals surface area contributed by atoms with Crippen molar-refractivity contribution >= 4 is 17.2 Å². The number of aryl methyl sites for hydroxylation is 2. The molecule has 27 heavy (non-hydrogen) atoms. The topological polar surface area (TPSA) is 37.6 Å². The number of imidazole rings is 1. The Labute approximate surface area is 158 Å². The zero-order valence-electron chi connectivity index (χ0n) is 15.5. The largest absolute Gasteiger partial charge is 0.303 e. The Hall–Kier alpha value is -3.40. The second-order valence-electron chi connectivity index (χ2n) is 6.69. The van der Waals surface area contributed by atoms with Gasteiger partial charge in [-0.1, -0.05) is 48.5 Å². The number of nitrogens with zero attached hydrogens (tertiary/aromatic N) is 3. The average Bonchev–Trinajstić information content (AvgIpc) is 3.02. The van der Waals surface area contributed by atoms with Crippen LogP contribution in [0.5, 0.6) is 0 Å². The molecule has 4 rings (SSSR count). The van der Waals surface area contributed by atoms with Crippen LogP contribution in [0, 0.1) is 13.8 Å². The van der Waals surface area contributed by atoms with Crippen molar-refractivity contribution < 1.29 is 4.79 Å². The van der Waals surface area contributed by atoms with Crippen LogP contribution in [0.3, 0.4) is 0 Å².